The molecule has 0 radical (unpaired) electrons. The molecule has 1 aromatic heterocycles. The van der Waals surface area contributed by atoms with Crippen LogP contribution in [0.3, 0.4) is 0 Å². The molecule has 0 saturated carbocycles. The lowest BCUT2D eigenvalue weighted by Gasteiger charge is -2.31. The largest absolute Gasteiger partial charge is 0.430 e. The van der Waals surface area contributed by atoms with Gasteiger partial charge in [0.1, 0.15) is 6.61 Å². The monoisotopic (exact) mass is 328 g/mol. The van der Waals surface area contributed by atoms with Gasteiger partial charge in [-0.05, 0) is 6.42 Å². The number of ether oxygens (including phenoxy) is 4. The van der Waals surface area contributed by atoms with Gasteiger partial charge in [0.2, 0.25) is 11.0 Å². The molecule has 120 valence electrons. The molecule has 2 saturated heterocycles. The quantitative estimate of drug-likeness (QED) is 0.434. The average Bonchev–Trinajstić information content (AvgIpc) is 3.03. The van der Waals surface area contributed by atoms with Crippen LogP contribution in [0.15, 0.2) is 17.4 Å². The highest BCUT2D eigenvalue weighted by molar-refractivity contribution is 7.84. The summed E-state index contributed by atoms with van der Waals surface area (Å²) < 4.78 is 33.9. The van der Waals surface area contributed by atoms with E-state index < -0.39 is 28.7 Å². The van der Waals surface area contributed by atoms with Gasteiger partial charge >= 0.3 is 11.8 Å². The summed E-state index contributed by atoms with van der Waals surface area (Å²) in [5, 5.41) is 0.137. The number of rotatable bonds is 4. The fourth-order valence-corrected chi connectivity index (χ4v) is 3.02. The molecule has 0 amide bonds. The predicted molar refractivity (Wildman–Crippen MR) is 73.6 cm³/mol. The van der Waals surface area contributed by atoms with Gasteiger partial charge in [-0.1, -0.05) is 0 Å². The maximum absolute atomic E-state index is 11.5. The van der Waals surface area contributed by atoms with Crippen molar-refractivity contribution in [3.63, 3.8) is 0 Å². The highest BCUT2D eigenvalue weighted by Gasteiger charge is 2.58. The Hall–Kier alpha value is -1.58. The van der Waals surface area contributed by atoms with E-state index in [-0.39, 0.29) is 23.7 Å². The minimum atomic E-state index is -1.38. The zero-order chi connectivity index (χ0) is 15.7. The van der Waals surface area contributed by atoms with Crippen molar-refractivity contribution in [1.82, 2.24) is 9.97 Å². The third kappa shape index (κ3) is 2.83. The van der Waals surface area contributed by atoms with Crippen LogP contribution in [0.1, 0.15) is 13.3 Å². The molecule has 8 nitrogen and oxygen atoms in total. The van der Waals surface area contributed by atoms with Crippen LogP contribution in [-0.2, 0) is 29.8 Å². The van der Waals surface area contributed by atoms with Gasteiger partial charge in [0, 0.05) is 25.4 Å². The molecule has 0 bridgehead atoms. The summed E-state index contributed by atoms with van der Waals surface area (Å²) in [6, 6.07) is 1.50. The van der Waals surface area contributed by atoms with E-state index in [1.807, 2.05) is 0 Å². The summed E-state index contributed by atoms with van der Waals surface area (Å²) in [5.41, 5.74) is 0. The summed E-state index contributed by atoms with van der Waals surface area (Å²) in [6.45, 7) is 1.85. The second-order valence-corrected chi connectivity index (χ2v) is 6.34. The number of hydrogen-bond acceptors (Lipinski definition) is 8. The second kappa shape index (κ2) is 5.90. The van der Waals surface area contributed by atoms with Gasteiger partial charge in [0.05, 0.1) is 23.5 Å². The van der Waals surface area contributed by atoms with Gasteiger partial charge in [-0.15, -0.1) is 0 Å². The smallest absolute Gasteiger partial charge is 0.307 e. The van der Waals surface area contributed by atoms with E-state index in [1.165, 1.54) is 25.4 Å². The highest BCUT2D eigenvalue weighted by Crippen LogP contribution is 2.38. The van der Waals surface area contributed by atoms with E-state index in [0.717, 1.165) is 0 Å². The predicted octanol–water partition coefficient (Wildman–Crippen LogP) is 0.0399. The fraction of sp³-hybridized carbons (Fsp3) is 0.615. The Kier molecular flexibility index (Phi) is 4.11. The Morgan fingerprint density at radius 3 is 3.05 bits per heavy atom. The first-order chi connectivity index (χ1) is 10.5. The van der Waals surface area contributed by atoms with E-state index in [4.69, 9.17) is 18.9 Å². The summed E-state index contributed by atoms with van der Waals surface area (Å²) in [5.74, 6) is -1.73. The maximum atomic E-state index is 11.5. The molecule has 2 fully saturated rings. The van der Waals surface area contributed by atoms with Crippen LogP contribution in [0, 0.1) is 0 Å². The van der Waals surface area contributed by atoms with Crippen LogP contribution >= 0.6 is 0 Å². The lowest BCUT2D eigenvalue weighted by atomic mass is 10.1. The molecule has 9 heteroatoms. The van der Waals surface area contributed by atoms with Crippen LogP contribution in [0.25, 0.3) is 0 Å². The molecule has 3 rings (SSSR count). The molecule has 4 atom stereocenters. The Balaban J connectivity index is 1.89. The van der Waals surface area contributed by atoms with Crippen molar-refractivity contribution in [3.05, 3.63) is 12.3 Å². The third-order valence-electron chi connectivity index (χ3n) is 3.43. The van der Waals surface area contributed by atoms with Crippen LogP contribution in [0.4, 0.5) is 0 Å². The van der Waals surface area contributed by atoms with Crippen molar-refractivity contribution in [2.45, 2.75) is 36.5 Å². The van der Waals surface area contributed by atoms with Gasteiger partial charge in [-0.25, -0.2) is 4.98 Å². The van der Waals surface area contributed by atoms with Crippen molar-refractivity contribution in [1.29, 1.82) is 0 Å². The number of carbonyl (C=O) groups excluding carboxylic acids is 1. The number of hydrogen-bond donors (Lipinski definition) is 0. The van der Waals surface area contributed by atoms with E-state index in [1.54, 1.807) is 0 Å². The van der Waals surface area contributed by atoms with Crippen LogP contribution in [-0.4, -0.2) is 57.6 Å². The first-order valence-corrected chi connectivity index (χ1v) is 8.34. The molecule has 22 heavy (non-hydrogen) atoms. The Bertz CT molecular complexity index is 612. The van der Waals surface area contributed by atoms with Gasteiger partial charge < -0.3 is 18.9 Å². The molecular weight excluding hydrogens is 312 g/mol. The van der Waals surface area contributed by atoms with E-state index in [0.29, 0.717) is 13.0 Å². The van der Waals surface area contributed by atoms with Crippen molar-refractivity contribution in [2.75, 3.05) is 19.5 Å². The first kappa shape index (κ1) is 15.3. The lowest BCUT2D eigenvalue weighted by Crippen LogP contribution is -2.52. The first-order valence-electron chi connectivity index (χ1n) is 6.78. The van der Waals surface area contributed by atoms with E-state index in [2.05, 4.69) is 9.97 Å². The van der Waals surface area contributed by atoms with Crippen molar-refractivity contribution >= 4 is 16.8 Å². The molecule has 1 aromatic rings. The lowest BCUT2D eigenvalue weighted by molar-refractivity contribution is -0.224. The minimum Gasteiger partial charge on any atom is -0.430 e. The molecular formula is C13H16N2O6S. The number of esters is 1. The topological polar surface area (TPSA) is 96.8 Å². The number of nitrogens with zero attached hydrogens (tertiary/aromatic N) is 2. The number of fused-ring (bicyclic) bond motifs is 1. The normalized spacial score (nSPS) is 31.5. The molecule has 2 aliphatic heterocycles. The van der Waals surface area contributed by atoms with Crippen LogP contribution in [0.2, 0.25) is 0 Å². The summed E-state index contributed by atoms with van der Waals surface area (Å²) in [6.07, 6.45) is 2.92. The van der Waals surface area contributed by atoms with Crippen LogP contribution < -0.4 is 4.74 Å². The summed E-state index contributed by atoms with van der Waals surface area (Å²) in [7, 11) is -1.34. The fourth-order valence-electron chi connectivity index (χ4n) is 2.59. The Morgan fingerprint density at radius 1 is 1.50 bits per heavy atom. The van der Waals surface area contributed by atoms with E-state index in [9.17, 15) is 9.00 Å². The molecule has 0 aliphatic carbocycles. The molecule has 0 spiro atoms. The highest BCUT2D eigenvalue weighted by atomic mass is 32.2. The van der Waals surface area contributed by atoms with Crippen molar-refractivity contribution in [2.24, 2.45) is 0 Å². The van der Waals surface area contributed by atoms with Gasteiger partial charge in [-0.3, -0.25) is 9.00 Å². The van der Waals surface area contributed by atoms with E-state index >= 15 is 0 Å². The summed E-state index contributed by atoms with van der Waals surface area (Å²) >= 11 is 0. The molecule has 0 aromatic carbocycles. The zero-order valence-electron chi connectivity index (χ0n) is 12.2. The number of aromatic nitrogens is 2. The molecule has 0 N–H and O–H groups in total. The number of carbonyl (C=O) groups is 1. The van der Waals surface area contributed by atoms with Crippen molar-refractivity contribution in [3.8, 4) is 5.88 Å². The molecule has 2 aliphatic rings. The maximum Gasteiger partial charge on any atom is 0.307 e. The van der Waals surface area contributed by atoms with Gasteiger partial charge in [0.15, 0.2) is 6.10 Å². The van der Waals surface area contributed by atoms with Crippen molar-refractivity contribution < 1.29 is 28.0 Å². The van der Waals surface area contributed by atoms with Gasteiger partial charge in [-0.2, -0.15) is 4.98 Å². The molecule has 1 unspecified atom stereocenters. The second-order valence-electron chi connectivity index (χ2n) is 5.07. The minimum absolute atomic E-state index is 0.0520. The van der Waals surface area contributed by atoms with Gasteiger partial charge in [0.25, 0.3) is 0 Å². The average molecular weight is 328 g/mol. The summed E-state index contributed by atoms with van der Waals surface area (Å²) in [4.78, 5) is 19.4. The molecule has 3 heterocycles. The SMILES string of the molecule is CC(=O)O[C@@]1(Oc2ccnc(S(C)=O)n2)CO[C@@H]2CCO[C@H]21. The zero-order valence-corrected chi connectivity index (χ0v) is 13.0. The standard InChI is InChI=1S/C13H16N2O6S/c1-8(16)20-13(7-19-9-4-6-18-11(9)13)21-10-3-5-14-12(15-10)22(2)17/h3,5,9,11H,4,6-7H2,1-2H3/t9-,11-,13-,22?/m1/s1. The third-order valence-corrected chi connectivity index (χ3v) is 4.14. The Morgan fingerprint density at radius 2 is 2.32 bits per heavy atom. The Labute approximate surface area is 129 Å². The van der Waals surface area contributed by atoms with Crippen LogP contribution in [0.5, 0.6) is 5.88 Å².